The maximum atomic E-state index is 8.33. The zero-order chi connectivity index (χ0) is 11.4. The summed E-state index contributed by atoms with van der Waals surface area (Å²) in [6.45, 7) is 0. The Bertz CT molecular complexity index is 457. The van der Waals surface area contributed by atoms with Crippen LogP contribution in [0.2, 0.25) is 0 Å². The van der Waals surface area contributed by atoms with Crippen LogP contribution < -0.4 is 113 Å². The zero-order valence-corrected chi connectivity index (χ0v) is 19.2. The molecule has 0 aliphatic rings. The van der Waals surface area contributed by atoms with Crippen LogP contribution in [0.15, 0.2) is 21.1 Å². The zero-order valence-electron chi connectivity index (χ0n) is 8.94. The van der Waals surface area contributed by atoms with Crippen molar-refractivity contribution in [2.45, 2.75) is 0 Å². The van der Waals surface area contributed by atoms with Crippen LogP contribution in [-0.2, 0) is 0 Å². The number of fused-ring (bicyclic) bond motifs is 1. The minimum atomic E-state index is -2.33. The van der Waals surface area contributed by atoms with Crippen LogP contribution in [-0.4, -0.2) is 14.9 Å². The molecule has 0 N–H and O–H groups in total. The van der Waals surface area contributed by atoms with Crippen LogP contribution in [0.1, 0.15) is 0 Å². The Morgan fingerprint density at radius 1 is 1.06 bits per heavy atom. The van der Waals surface area contributed by atoms with E-state index in [1.54, 1.807) is 0 Å². The van der Waals surface area contributed by atoms with E-state index in [-0.39, 0.29) is 103 Å². The second kappa shape index (κ2) is 11.2. The Kier molecular flexibility index (Phi) is 14.4. The van der Waals surface area contributed by atoms with E-state index >= 15 is 0 Å². The third-order valence-electron chi connectivity index (χ3n) is 1.32. The SMILES string of the molecule is Brc1ccc(Br)c2nsnc12.O=C([O-])[O-].[K+].[K+]. The fourth-order valence-electron chi connectivity index (χ4n) is 0.806. The van der Waals surface area contributed by atoms with Crippen molar-refractivity contribution in [3.63, 3.8) is 0 Å². The third kappa shape index (κ3) is 7.78. The summed E-state index contributed by atoms with van der Waals surface area (Å²) in [4.78, 5) is 8.33. The van der Waals surface area contributed by atoms with E-state index in [0.717, 1.165) is 20.0 Å². The molecule has 2 rings (SSSR count). The Morgan fingerprint density at radius 3 is 1.65 bits per heavy atom. The maximum Gasteiger partial charge on any atom is 1.00 e. The van der Waals surface area contributed by atoms with Crippen LogP contribution in [0, 0.1) is 0 Å². The predicted molar refractivity (Wildman–Crippen MR) is 58.2 cm³/mol. The fourth-order valence-corrected chi connectivity index (χ4v) is 2.43. The van der Waals surface area contributed by atoms with E-state index in [1.165, 1.54) is 11.7 Å². The molecule has 0 amide bonds. The number of hydrogen-bond donors (Lipinski definition) is 0. The topological polar surface area (TPSA) is 89.0 Å². The first-order chi connectivity index (χ1) is 7.02. The standard InChI is InChI=1S/C6H2Br2N2S.CH2O3.2K/c7-3-1-2-4(8)6-5(3)9-11-10-6;2-1(3)4;;/h1-2H;(H2,2,3,4);;/q;;2*+1/p-2. The molecular formula is C7H2Br2K2N2O3S. The van der Waals surface area contributed by atoms with Crippen LogP contribution in [0.25, 0.3) is 11.0 Å². The Hall–Kier alpha value is 2.54. The minimum absolute atomic E-state index is 0. The van der Waals surface area contributed by atoms with Crippen molar-refractivity contribution in [1.82, 2.24) is 8.75 Å². The van der Waals surface area contributed by atoms with Gasteiger partial charge in [0.15, 0.2) is 0 Å². The quantitative estimate of drug-likeness (QED) is 0.389. The summed E-state index contributed by atoms with van der Waals surface area (Å²) in [5.74, 6) is 0. The molecular weight excluding hydrogens is 430 g/mol. The number of carbonyl (C=O) groups is 1. The molecule has 2 aromatic rings. The van der Waals surface area contributed by atoms with Gasteiger partial charge in [-0.3, -0.25) is 0 Å². The number of benzene rings is 1. The van der Waals surface area contributed by atoms with Crippen molar-refractivity contribution in [3.8, 4) is 0 Å². The van der Waals surface area contributed by atoms with Gasteiger partial charge in [0, 0.05) is 8.95 Å². The Labute approximate surface area is 203 Å². The Balaban J connectivity index is 0. The summed E-state index contributed by atoms with van der Waals surface area (Å²) >= 11 is 8.01. The number of aromatic nitrogens is 2. The number of halogens is 2. The van der Waals surface area contributed by atoms with Gasteiger partial charge in [0.05, 0.1) is 11.7 Å². The summed E-state index contributed by atoms with van der Waals surface area (Å²) < 4.78 is 10.2. The summed E-state index contributed by atoms with van der Waals surface area (Å²) in [6.07, 6.45) is -2.33. The molecule has 5 nitrogen and oxygen atoms in total. The van der Waals surface area contributed by atoms with Gasteiger partial charge in [0.25, 0.3) is 0 Å². The molecule has 0 atom stereocenters. The molecule has 0 radical (unpaired) electrons. The molecule has 1 aromatic heterocycles. The molecule has 10 heteroatoms. The molecule has 17 heavy (non-hydrogen) atoms. The van der Waals surface area contributed by atoms with Gasteiger partial charge >= 0.3 is 103 Å². The third-order valence-corrected chi connectivity index (χ3v) is 3.13. The average molecular weight is 432 g/mol. The van der Waals surface area contributed by atoms with Crippen molar-refractivity contribution < 1.29 is 118 Å². The van der Waals surface area contributed by atoms with Gasteiger partial charge in [-0.05, 0) is 50.1 Å². The van der Waals surface area contributed by atoms with Crippen molar-refractivity contribution in [2.75, 3.05) is 0 Å². The molecule has 0 aliphatic carbocycles. The number of hydrogen-bond acceptors (Lipinski definition) is 6. The Morgan fingerprint density at radius 2 is 1.35 bits per heavy atom. The largest absolute Gasteiger partial charge is 1.00 e. The van der Waals surface area contributed by atoms with Gasteiger partial charge in [-0.15, -0.1) is 0 Å². The molecule has 0 fully saturated rings. The molecule has 0 unspecified atom stereocenters. The van der Waals surface area contributed by atoms with Gasteiger partial charge in [-0.1, -0.05) is 0 Å². The van der Waals surface area contributed by atoms with Gasteiger partial charge in [-0.2, -0.15) is 8.75 Å². The number of rotatable bonds is 0. The number of carboxylic acid groups (broad SMARTS) is 2. The van der Waals surface area contributed by atoms with Crippen LogP contribution in [0.4, 0.5) is 4.79 Å². The normalized spacial score (nSPS) is 8.35. The van der Waals surface area contributed by atoms with E-state index < -0.39 is 6.16 Å². The van der Waals surface area contributed by atoms with Gasteiger partial charge in [-0.25, -0.2) is 0 Å². The summed E-state index contributed by atoms with van der Waals surface area (Å²) in [5.41, 5.74) is 1.84. The smallest absolute Gasteiger partial charge is 0.652 e. The number of nitrogens with zero attached hydrogens (tertiary/aromatic N) is 2. The van der Waals surface area contributed by atoms with E-state index in [0.29, 0.717) is 0 Å². The van der Waals surface area contributed by atoms with E-state index in [1.807, 2.05) is 12.1 Å². The fraction of sp³-hybridized carbons (Fsp3) is 0. The maximum absolute atomic E-state index is 8.33. The van der Waals surface area contributed by atoms with Crippen LogP contribution in [0.5, 0.6) is 0 Å². The van der Waals surface area contributed by atoms with Crippen LogP contribution in [0.3, 0.4) is 0 Å². The summed E-state index contributed by atoms with van der Waals surface area (Å²) in [5, 5.41) is 16.7. The van der Waals surface area contributed by atoms with E-state index in [2.05, 4.69) is 40.6 Å². The van der Waals surface area contributed by atoms with E-state index in [4.69, 9.17) is 15.0 Å². The van der Waals surface area contributed by atoms with E-state index in [9.17, 15) is 0 Å². The average Bonchev–Trinajstić information content (AvgIpc) is 2.60. The first-order valence-electron chi connectivity index (χ1n) is 3.46. The second-order valence-corrected chi connectivity index (χ2v) is 4.48. The molecule has 1 heterocycles. The first-order valence-corrected chi connectivity index (χ1v) is 5.78. The van der Waals surface area contributed by atoms with Gasteiger partial charge in [0.1, 0.15) is 11.0 Å². The van der Waals surface area contributed by atoms with Crippen molar-refractivity contribution in [2.24, 2.45) is 0 Å². The van der Waals surface area contributed by atoms with Crippen molar-refractivity contribution in [1.29, 1.82) is 0 Å². The summed E-state index contributed by atoms with van der Waals surface area (Å²) in [6, 6.07) is 3.90. The molecule has 0 bridgehead atoms. The molecule has 1 aromatic carbocycles. The predicted octanol–water partition coefficient (Wildman–Crippen LogP) is -5.22. The van der Waals surface area contributed by atoms with Gasteiger partial charge in [0.2, 0.25) is 0 Å². The monoisotopic (exact) mass is 430 g/mol. The molecule has 0 spiro atoms. The molecule has 0 saturated carbocycles. The van der Waals surface area contributed by atoms with Crippen molar-refractivity contribution >= 4 is 60.8 Å². The molecule has 0 saturated heterocycles. The molecule has 0 aliphatic heterocycles. The number of carbonyl (C=O) groups excluding carboxylic acids is 1. The van der Waals surface area contributed by atoms with Gasteiger partial charge < -0.3 is 15.0 Å². The van der Waals surface area contributed by atoms with Crippen molar-refractivity contribution in [3.05, 3.63) is 21.1 Å². The summed E-state index contributed by atoms with van der Waals surface area (Å²) in [7, 11) is 0. The molecule has 80 valence electrons. The van der Waals surface area contributed by atoms with Crippen LogP contribution >= 0.6 is 43.6 Å². The minimum Gasteiger partial charge on any atom is -0.652 e. The second-order valence-electron chi connectivity index (χ2n) is 2.24. The first kappa shape index (κ1) is 21.8.